The van der Waals surface area contributed by atoms with Gasteiger partial charge in [-0.2, -0.15) is 0 Å². The Hall–Kier alpha value is -0.500. The average Bonchev–Trinajstić information content (AvgIpc) is 2.84. The van der Waals surface area contributed by atoms with Crippen molar-refractivity contribution in [2.24, 2.45) is 5.41 Å². The molecule has 21 heavy (non-hydrogen) atoms. The first-order chi connectivity index (χ1) is 9.65. The smallest absolute Gasteiger partial charge is 0.282 e. The van der Waals surface area contributed by atoms with E-state index in [2.05, 4.69) is 10.6 Å². The third kappa shape index (κ3) is 5.32. The number of piperidine rings is 1. The maximum Gasteiger partial charge on any atom is 0.282 e. The van der Waals surface area contributed by atoms with Gasteiger partial charge in [0, 0.05) is 31.4 Å². The van der Waals surface area contributed by atoms with Crippen molar-refractivity contribution in [1.29, 1.82) is 0 Å². The number of carbonyl (C=O) groups is 2. The molecule has 2 aliphatic rings. The van der Waals surface area contributed by atoms with Gasteiger partial charge in [-0.05, 0) is 25.9 Å². The second kappa shape index (κ2) is 8.82. The van der Waals surface area contributed by atoms with Gasteiger partial charge in [-0.1, -0.05) is 11.8 Å². The molecule has 8 heteroatoms. The van der Waals surface area contributed by atoms with Crippen molar-refractivity contribution in [3.63, 3.8) is 0 Å². The lowest BCUT2D eigenvalue weighted by Gasteiger charge is -2.37. The molecule has 0 saturated carbocycles. The summed E-state index contributed by atoms with van der Waals surface area (Å²) in [6.07, 6.45) is 2.00. The van der Waals surface area contributed by atoms with E-state index >= 15 is 0 Å². The maximum absolute atomic E-state index is 12.0. The van der Waals surface area contributed by atoms with Crippen LogP contribution in [0.2, 0.25) is 0 Å². The van der Waals surface area contributed by atoms with E-state index in [4.69, 9.17) is 4.74 Å². The first-order valence-corrected chi connectivity index (χ1v) is 8.02. The third-order valence-electron chi connectivity index (χ3n) is 3.95. The number of methoxy groups -OCH3 is 1. The van der Waals surface area contributed by atoms with Gasteiger partial charge in [-0.25, -0.2) is 0 Å². The van der Waals surface area contributed by atoms with Crippen LogP contribution in [-0.2, 0) is 9.53 Å². The first-order valence-electron chi connectivity index (χ1n) is 7.03. The largest absolute Gasteiger partial charge is 0.384 e. The van der Waals surface area contributed by atoms with E-state index in [9.17, 15) is 9.59 Å². The summed E-state index contributed by atoms with van der Waals surface area (Å²) < 4.78 is 5.32. The van der Waals surface area contributed by atoms with Crippen molar-refractivity contribution in [3.8, 4) is 0 Å². The van der Waals surface area contributed by atoms with Gasteiger partial charge in [0.05, 0.1) is 6.61 Å². The van der Waals surface area contributed by atoms with E-state index in [1.807, 2.05) is 0 Å². The number of ether oxygens (including phenoxy) is 1. The van der Waals surface area contributed by atoms with Crippen LogP contribution >= 0.6 is 24.2 Å². The van der Waals surface area contributed by atoms with Crippen molar-refractivity contribution in [3.05, 3.63) is 0 Å². The van der Waals surface area contributed by atoms with Gasteiger partial charge >= 0.3 is 0 Å². The molecule has 122 valence electrons. The number of halogens is 1. The Morgan fingerprint density at radius 2 is 2.19 bits per heavy atom. The number of hydrogen-bond donors (Lipinski definition) is 2. The fourth-order valence-electron chi connectivity index (χ4n) is 2.72. The van der Waals surface area contributed by atoms with Gasteiger partial charge in [0.1, 0.15) is 6.54 Å². The molecule has 0 unspecified atom stereocenters. The van der Waals surface area contributed by atoms with Crippen LogP contribution in [0.4, 0.5) is 4.79 Å². The maximum atomic E-state index is 12.0. The molecule has 0 bridgehead atoms. The van der Waals surface area contributed by atoms with Crippen LogP contribution in [0.1, 0.15) is 12.8 Å². The Kier molecular flexibility index (Phi) is 7.79. The lowest BCUT2D eigenvalue weighted by atomic mass is 9.79. The molecule has 2 saturated heterocycles. The molecule has 0 aromatic carbocycles. The number of amides is 2. The van der Waals surface area contributed by atoms with Gasteiger partial charge in [0.15, 0.2) is 0 Å². The van der Waals surface area contributed by atoms with E-state index in [0.29, 0.717) is 19.7 Å². The SMILES string of the molecule is COCC1(CNC(=O)CN2CCSC2=O)CCNCC1.Cl. The van der Waals surface area contributed by atoms with Crippen LogP contribution in [0.25, 0.3) is 0 Å². The first kappa shape index (κ1) is 18.5. The van der Waals surface area contributed by atoms with Crippen molar-refractivity contribution in [1.82, 2.24) is 15.5 Å². The minimum atomic E-state index is -0.0742. The van der Waals surface area contributed by atoms with Crippen LogP contribution in [0, 0.1) is 5.41 Å². The summed E-state index contributed by atoms with van der Waals surface area (Å²) in [4.78, 5) is 25.0. The minimum absolute atomic E-state index is 0. The van der Waals surface area contributed by atoms with Crippen LogP contribution in [-0.4, -0.2) is 68.2 Å². The van der Waals surface area contributed by atoms with Gasteiger partial charge < -0.3 is 20.3 Å². The summed E-state index contributed by atoms with van der Waals surface area (Å²) in [5.74, 6) is 0.709. The highest BCUT2D eigenvalue weighted by molar-refractivity contribution is 8.13. The molecule has 2 fully saturated rings. The molecule has 2 rings (SSSR count). The lowest BCUT2D eigenvalue weighted by molar-refractivity contribution is -0.122. The van der Waals surface area contributed by atoms with E-state index in [0.717, 1.165) is 31.7 Å². The van der Waals surface area contributed by atoms with Gasteiger partial charge in [-0.15, -0.1) is 12.4 Å². The molecule has 0 atom stereocenters. The molecule has 2 amide bonds. The summed E-state index contributed by atoms with van der Waals surface area (Å²) in [5, 5.41) is 6.31. The van der Waals surface area contributed by atoms with Crippen molar-refractivity contribution < 1.29 is 14.3 Å². The Bertz CT molecular complexity index is 359. The molecule has 2 heterocycles. The second-order valence-electron chi connectivity index (χ2n) is 5.50. The van der Waals surface area contributed by atoms with Crippen molar-refractivity contribution in [2.45, 2.75) is 12.8 Å². The zero-order valence-corrected chi connectivity index (χ0v) is 14.0. The Morgan fingerprint density at radius 3 is 2.76 bits per heavy atom. The number of hydrogen-bond acceptors (Lipinski definition) is 5. The molecule has 0 spiro atoms. The fourth-order valence-corrected chi connectivity index (χ4v) is 3.54. The average molecular weight is 338 g/mol. The standard InChI is InChI=1S/C13H23N3O3S.ClH/c1-19-10-13(2-4-14-5-3-13)9-15-11(17)8-16-6-7-20-12(16)18;/h14H,2-10H2,1H3,(H,15,17);1H. The summed E-state index contributed by atoms with van der Waals surface area (Å²) in [5.41, 5.74) is 0.0272. The number of thioether (sulfide) groups is 1. The van der Waals surface area contributed by atoms with Crippen molar-refractivity contribution in [2.75, 3.05) is 52.2 Å². The van der Waals surface area contributed by atoms with E-state index in [-0.39, 0.29) is 35.5 Å². The van der Waals surface area contributed by atoms with Crippen LogP contribution < -0.4 is 10.6 Å². The highest BCUT2D eigenvalue weighted by Gasteiger charge is 2.33. The van der Waals surface area contributed by atoms with Gasteiger partial charge in [0.25, 0.3) is 5.24 Å². The predicted octanol–water partition coefficient (Wildman–Crippen LogP) is 0.709. The number of nitrogens with one attached hydrogen (secondary N) is 2. The summed E-state index contributed by atoms with van der Waals surface area (Å²) in [6, 6.07) is 0. The third-order valence-corrected chi connectivity index (χ3v) is 4.85. The zero-order valence-electron chi connectivity index (χ0n) is 12.4. The summed E-state index contributed by atoms with van der Waals surface area (Å²) in [6.45, 7) is 4.04. The molecule has 6 nitrogen and oxygen atoms in total. The van der Waals surface area contributed by atoms with E-state index in [1.54, 1.807) is 12.0 Å². The van der Waals surface area contributed by atoms with Crippen LogP contribution in [0.5, 0.6) is 0 Å². The van der Waals surface area contributed by atoms with Gasteiger partial charge in [-0.3, -0.25) is 9.59 Å². The molecule has 0 aliphatic carbocycles. The normalized spacial score (nSPS) is 21.0. The summed E-state index contributed by atoms with van der Waals surface area (Å²) >= 11 is 1.28. The van der Waals surface area contributed by atoms with Gasteiger partial charge in [0.2, 0.25) is 5.91 Å². The Morgan fingerprint density at radius 1 is 1.48 bits per heavy atom. The number of rotatable bonds is 6. The molecule has 0 aromatic heterocycles. The van der Waals surface area contributed by atoms with Crippen molar-refractivity contribution >= 4 is 35.3 Å². The summed E-state index contributed by atoms with van der Waals surface area (Å²) in [7, 11) is 1.70. The molecular weight excluding hydrogens is 314 g/mol. The molecule has 2 aliphatic heterocycles. The fraction of sp³-hybridized carbons (Fsp3) is 0.846. The monoisotopic (exact) mass is 337 g/mol. The number of carbonyl (C=O) groups excluding carboxylic acids is 2. The van der Waals surface area contributed by atoms with E-state index < -0.39 is 0 Å². The van der Waals surface area contributed by atoms with Crippen LogP contribution in [0.15, 0.2) is 0 Å². The predicted molar refractivity (Wildman–Crippen MR) is 86.1 cm³/mol. The zero-order chi connectivity index (χ0) is 14.4. The van der Waals surface area contributed by atoms with E-state index in [1.165, 1.54) is 11.8 Å². The highest BCUT2D eigenvalue weighted by atomic mass is 35.5. The topological polar surface area (TPSA) is 70.7 Å². The Labute approximate surface area is 136 Å². The lowest BCUT2D eigenvalue weighted by Crippen LogP contribution is -2.48. The Balaban J connectivity index is 0.00000220. The second-order valence-corrected chi connectivity index (χ2v) is 6.54. The minimum Gasteiger partial charge on any atom is -0.384 e. The molecular formula is C13H24ClN3O3S. The molecule has 2 N–H and O–H groups in total. The van der Waals surface area contributed by atoms with Crippen LogP contribution in [0.3, 0.4) is 0 Å². The molecule has 0 radical (unpaired) electrons. The number of nitrogens with zero attached hydrogens (tertiary/aromatic N) is 1. The quantitative estimate of drug-likeness (QED) is 0.747. The molecule has 0 aromatic rings. The highest BCUT2D eigenvalue weighted by Crippen LogP contribution is 2.28.